The topological polar surface area (TPSA) is 105 Å². The van der Waals surface area contributed by atoms with E-state index in [9.17, 15) is 10.1 Å². The molecular formula is C10H14N2O5. The van der Waals surface area contributed by atoms with Gasteiger partial charge in [-0.1, -0.05) is 6.07 Å². The van der Waals surface area contributed by atoms with E-state index >= 15 is 0 Å². The van der Waals surface area contributed by atoms with Gasteiger partial charge in [-0.2, -0.15) is 0 Å². The van der Waals surface area contributed by atoms with Gasteiger partial charge in [0.15, 0.2) is 5.75 Å². The number of ether oxygens (including phenoxy) is 1. The van der Waals surface area contributed by atoms with Crippen molar-refractivity contribution in [2.75, 3.05) is 25.6 Å². The summed E-state index contributed by atoms with van der Waals surface area (Å²) in [5.74, 6) is 0.137. The molecule has 0 aliphatic rings. The number of anilines is 1. The number of nitro benzene ring substituents is 1. The molecule has 94 valence electrons. The third-order valence-electron chi connectivity index (χ3n) is 2.14. The summed E-state index contributed by atoms with van der Waals surface area (Å²) in [4.78, 5) is 10.3. The molecule has 0 heterocycles. The van der Waals surface area contributed by atoms with Gasteiger partial charge in [0.25, 0.3) is 0 Å². The zero-order valence-corrected chi connectivity index (χ0v) is 9.29. The van der Waals surface area contributed by atoms with Crippen LogP contribution in [0.4, 0.5) is 11.4 Å². The predicted molar refractivity (Wildman–Crippen MR) is 61.2 cm³/mol. The lowest BCUT2D eigenvalue weighted by Crippen LogP contribution is -2.23. The van der Waals surface area contributed by atoms with E-state index < -0.39 is 17.6 Å². The molecule has 0 spiro atoms. The van der Waals surface area contributed by atoms with Crippen LogP contribution in [-0.2, 0) is 0 Å². The first-order valence-corrected chi connectivity index (χ1v) is 4.94. The van der Waals surface area contributed by atoms with Crippen LogP contribution in [0.1, 0.15) is 0 Å². The van der Waals surface area contributed by atoms with Gasteiger partial charge in [-0.3, -0.25) is 10.1 Å². The number of para-hydroxylation sites is 1. The van der Waals surface area contributed by atoms with Crippen LogP contribution in [0.2, 0.25) is 0 Å². The van der Waals surface area contributed by atoms with E-state index in [4.69, 9.17) is 14.9 Å². The third kappa shape index (κ3) is 3.30. The van der Waals surface area contributed by atoms with E-state index in [1.54, 1.807) is 6.07 Å². The number of nitrogens with one attached hydrogen (secondary N) is 1. The molecule has 3 N–H and O–H groups in total. The van der Waals surface area contributed by atoms with Gasteiger partial charge in [0.2, 0.25) is 0 Å². The number of nitro groups is 1. The summed E-state index contributed by atoms with van der Waals surface area (Å²) < 4.78 is 4.89. The van der Waals surface area contributed by atoms with Gasteiger partial charge < -0.3 is 20.3 Å². The highest BCUT2D eigenvalue weighted by Gasteiger charge is 2.20. The monoisotopic (exact) mass is 242 g/mol. The third-order valence-corrected chi connectivity index (χ3v) is 2.14. The molecule has 17 heavy (non-hydrogen) atoms. The lowest BCUT2D eigenvalue weighted by Gasteiger charge is -2.11. The minimum atomic E-state index is -0.971. The fourth-order valence-electron chi connectivity index (χ4n) is 1.31. The number of rotatable bonds is 6. The number of hydrogen-bond donors (Lipinski definition) is 3. The number of benzene rings is 1. The van der Waals surface area contributed by atoms with Crippen molar-refractivity contribution in [1.82, 2.24) is 0 Å². The van der Waals surface area contributed by atoms with Crippen molar-refractivity contribution in [3.05, 3.63) is 28.3 Å². The van der Waals surface area contributed by atoms with Crippen LogP contribution in [0.15, 0.2) is 18.2 Å². The van der Waals surface area contributed by atoms with Gasteiger partial charge in [0.1, 0.15) is 5.69 Å². The average Bonchev–Trinajstić information content (AvgIpc) is 2.34. The molecule has 0 aliphatic heterocycles. The highest BCUT2D eigenvalue weighted by Crippen LogP contribution is 2.34. The number of methoxy groups -OCH3 is 1. The summed E-state index contributed by atoms with van der Waals surface area (Å²) in [7, 11) is 1.34. The molecule has 0 aliphatic carbocycles. The summed E-state index contributed by atoms with van der Waals surface area (Å²) in [5, 5.41) is 31.4. The van der Waals surface area contributed by atoms with E-state index in [-0.39, 0.29) is 23.7 Å². The summed E-state index contributed by atoms with van der Waals surface area (Å²) in [6.07, 6.45) is -0.971. The summed E-state index contributed by atoms with van der Waals surface area (Å²) >= 11 is 0. The number of hydrogen-bond acceptors (Lipinski definition) is 6. The van der Waals surface area contributed by atoms with Gasteiger partial charge in [-0.25, -0.2) is 0 Å². The smallest absolute Gasteiger partial charge is 0.333 e. The standard InChI is InChI=1S/C10H14N2O5/c1-17-9-4-2-3-8(10(9)12(15)16)11-5-7(14)6-13/h2-4,7,11,13-14H,5-6H2,1H3. The van der Waals surface area contributed by atoms with Crippen molar-refractivity contribution in [3.63, 3.8) is 0 Å². The van der Waals surface area contributed by atoms with Crippen LogP contribution in [-0.4, -0.2) is 41.5 Å². The Labute approximate surface area is 97.8 Å². The second-order valence-corrected chi connectivity index (χ2v) is 3.33. The van der Waals surface area contributed by atoms with Crippen molar-refractivity contribution in [1.29, 1.82) is 0 Å². The molecule has 1 atom stereocenters. The van der Waals surface area contributed by atoms with Crippen LogP contribution in [0, 0.1) is 10.1 Å². The molecule has 1 aromatic rings. The Hall–Kier alpha value is -1.86. The van der Waals surface area contributed by atoms with Crippen molar-refractivity contribution < 1.29 is 19.9 Å². The maximum atomic E-state index is 10.9. The first kappa shape index (κ1) is 13.2. The van der Waals surface area contributed by atoms with E-state index in [0.717, 1.165) is 0 Å². The molecule has 7 nitrogen and oxygen atoms in total. The van der Waals surface area contributed by atoms with E-state index in [1.165, 1.54) is 19.2 Å². The molecule has 7 heteroatoms. The molecule has 1 rings (SSSR count). The zero-order chi connectivity index (χ0) is 12.8. The second-order valence-electron chi connectivity index (χ2n) is 3.33. The fraction of sp³-hybridized carbons (Fsp3) is 0.400. The Balaban J connectivity index is 2.94. The van der Waals surface area contributed by atoms with Crippen molar-refractivity contribution >= 4 is 11.4 Å². The molecule has 1 unspecified atom stereocenters. The Kier molecular flexibility index (Phi) is 4.68. The van der Waals surface area contributed by atoms with E-state index in [2.05, 4.69) is 5.32 Å². The van der Waals surface area contributed by atoms with Crippen molar-refractivity contribution in [2.24, 2.45) is 0 Å². The highest BCUT2D eigenvalue weighted by atomic mass is 16.6. The summed E-state index contributed by atoms with van der Waals surface area (Å²) in [6.45, 7) is -0.394. The summed E-state index contributed by atoms with van der Waals surface area (Å²) in [6, 6.07) is 4.58. The normalized spacial score (nSPS) is 11.9. The average molecular weight is 242 g/mol. The Morgan fingerprint density at radius 1 is 1.59 bits per heavy atom. The van der Waals surface area contributed by atoms with Gasteiger partial charge in [-0.15, -0.1) is 0 Å². The van der Waals surface area contributed by atoms with E-state index in [0.29, 0.717) is 0 Å². The van der Waals surface area contributed by atoms with Gasteiger partial charge >= 0.3 is 5.69 Å². The SMILES string of the molecule is COc1cccc(NCC(O)CO)c1[N+](=O)[O-]. The molecule has 0 aromatic heterocycles. The molecular weight excluding hydrogens is 228 g/mol. The van der Waals surface area contributed by atoms with Crippen molar-refractivity contribution in [3.8, 4) is 5.75 Å². The molecule has 0 saturated carbocycles. The quantitative estimate of drug-likeness (QED) is 0.491. The molecule has 0 fully saturated rings. The van der Waals surface area contributed by atoms with Gasteiger partial charge in [0.05, 0.1) is 24.7 Å². The van der Waals surface area contributed by atoms with Gasteiger partial charge in [0, 0.05) is 6.54 Å². The van der Waals surface area contributed by atoms with Crippen LogP contribution >= 0.6 is 0 Å². The molecule has 1 aromatic carbocycles. The minimum absolute atomic E-state index is 0.0184. The van der Waals surface area contributed by atoms with Crippen molar-refractivity contribution in [2.45, 2.75) is 6.10 Å². The van der Waals surface area contributed by atoms with Crippen LogP contribution in [0.25, 0.3) is 0 Å². The first-order valence-electron chi connectivity index (χ1n) is 4.94. The Bertz CT molecular complexity index is 396. The maximum absolute atomic E-state index is 10.9. The number of aliphatic hydroxyl groups excluding tert-OH is 2. The minimum Gasteiger partial charge on any atom is -0.490 e. The lowest BCUT2D eigenvalue weighted by atomic mass is 10.2. The lowest BCUT2D eigenvalue weighted by molar-refractivity contribution is -0.384. The molecule has 0 radical (unpaired) electrons. The number of aliphatic hydroxyl groups is 2. The molecule has 0 bridgehead atoms. The Morgan fingerprint density at radius 2 is 2.29 bits per heavy atom. The molecule has 0 amide bonds. The van der Waals surface area contributed by atoms with Crippen LogP contribution < -0.4 is 10.1 Å². The fourth-order valence-corrected chi connectivity index (χ4v) is 1.31. The predicted octanol–water partition coefficient (Wildman–Crippen LogP) is 0.368. The van der Waals surface area contributed by atoms with Gasteiger partial charge in [-0.05, 0) is 12.1 Å². The highest BCUT2D eigenvalue weighted by molar-refractivity contribution is 5.68. The van der Waals surface area contributed by atoms with E-state index in [1.807, 2.05) is 0 Å². The number of nitrogens with zero attached hydrogens (tertiary/aromatic N) is 1. The largest absolute Gasteiger partial charge is 0.490 e. The zero-order valence-electron chi connectivity index (χ0n) is 9.29. The summed E-state index contributed by atoms with van der Waals surface area (Å²) in [5.41, 5.74) is 0.0435. The maximum Gasteiger partial charge on any atom is 0.333 e. The molecule has 0 saturated heterocycles. The van der Waals surface area contributed by atoms with Crippen LogP contribution in [0.3, 0.4) is 0 Å². The Morgan fingerprint density at radius 3 is 2.82 bits per heavy atom. The first-order chi connectivity index (χ1) is 8.10. The second kappa shape index (κ2) is 6.02. The van der Waals surface area contributed by atoms with Crippen LogP contribution in [0.5, 0.6) is 5.75 Å².